The number of aromatic nitrogens is 3. The molecule has 0 spiro atoms. The number of amides is 1. The molecule has 0 saturated carbocycles. The highest BCUT2D eigenvalue weighted by atomic mass is 32.1. The predicted octanol–water partition coefficient (Wildman–Crippen LogP) is 6.27. The van der Waals surface area contributed by atoms with E-state index in [1.165, 1.54) is 11.3 Å². The zero-order valence-corrected chi connectivity index (χ0v) is 23.6. The van der Waals surface area contributed by atoms with Gasteiger partial charge in [0.2, 0.25) is 5.95 Å². The Bertz CT molecular complexity index is 1810. The first-order valence-electron chi connectivity index (χ1n) is 13.5. The van der Waals surface area contributed by atoms with E-state index in [0.29, 0.717) is 16.3 Å². The van der Waals surface area contributed by atoms with Crippen LogP contribution in [0.15, 0.2) is 116 Å². The molecule has 210 valence electrons. The van der Waals surface area contributed by atoms with Crippen molar-refractivity contribution in [2.75, 3.05) is 17.3 Å². The van der Waals surface area contributed by atoms with Gasteiger partial charge in [-0.05, 0) is 42.0 Å². The molecular formula is C33H29N5O3S. The lowest BCUT2D eigenvalue weighted by molar-refractivity contribution is 0.102. The van der Waals surface area contributed by atoms with Crippen LogP contribution >= 0.6 is 11.3 Å². The normalized spacial score (nSPS) is 12.6. The van der Waals surface area contributed by atoms with Gasteiger partial charge < -0.3 is 19.7 Å². The molecular weight excluding hydrogens is 546 g/mol. The lowest BCUT2D eigenvalue weighted by Crippen LogP contribution is -2.23. The molecule has 2 atom stereocenters. The van der Waals surface area contributed by atoms with Gasteiger partial charge in [-0.25, -0.2) is 4.98 Å². The number of pyridine rings is 1. The summed E-state index contributed by atoms with van der Waals surface area (Å²) in [5, 5.41) is 25.0. The van der Waals surface area contributed by atoms with Crippen molar-refractivity contribution < 1.29 is 15.0 Å². The maximum Gasteiger partial charge on any atom is 0.268 e. The molecule has 0 fully saturated rings. The van der Waals surface area contributed by atoms with Gasteiger partial charge in [-0.2, -0.15) is 0 Å². The first kappa shape index (κ1) is 27.3. The fourth-order valence-electron chi connectivity index (χ4n) is 4.85. The molecule has 0 aliphatic carbocycles. The number of benzene rings is 3. The van der Waals surface area contributed by atoms with Crippen LogP contribution in [0.2, 0.25) is 0 Å². The minimum Gasteiger partial charge on any atom is -0.387 e. The van der Waals surface area contributed by atoms with Crippen LogP contribution in [0.4, 0.5) is 11.6 Å². The Morgan fingerprint density at radius 1 is 0.929 bits per heavy atom. The molecule has 3 aromatic heterocycles. The lowest BCUT2D eigenvalue weighted by Gasteiger charge is -2.26. The third-order valence-corrected chi connectivity index (χ3v) is 8.28. The second kappa shape index (κ2) is 12.0. The second-order valence-electron chi connectivity index (χ2n) is 9.90. The topological polar surface area (TPSA) is 104 Å². The molecule has 3 N–H and O–H groups in total. The third kappa shape index (κ3) is 5.66. The molecule has 8 nitrogen and oxygen atoms in total. The van der Waals surface area contributed by atoms with E-state index in [1.54, 1.807) is 23.4 Å². The molecule has 1 amide bonds. The highest BCUT2D eigenvalue weighted by Gasteiger charge is 2.21. The molecule has 9 heteroatoms. The zero-order valence-electron chi connectivity index (χ0n) is 22.8. The SMILES string of the molecule is CN(c1ccc2c(c1)nc(NC(=O)c1ccc(-c3cccnc3)s1)n2C[C@H](O)c1ccccc1)C(O)c1ccccc1. The number of anilines is 2. The van der Waals surface area contributed by atoms with Crippen LogP contribution in [0.3, 0.4) is 0 Å². The molecule has 6 aromatic rings. The molecule has 42 heavy (non-hydrogen) atoms. The van der Waals surface area contributed by atoms with Gasteiger partial charge in [0.05, 0.1) is 28.6 Å². The number of thiophene rings is 1. The molecule has 3 heterocycles. The molecule has 0 aliphatic rings. The van der Waals surface area contributed by atoms with E-state index in [2.05, 4.69) is 10.3 Å². The van der Waals surface area contributed by atoms with E-state index in [9.17, 15) is 15.0 Å². The number of imidazole rings is 1. The molecule has 1 unspecified atom stereocenters. The van der Waals surface area contributed by atoms with Crippen molar-refractivity contribution in [3.8, 4) is 10.4 Å². The average molecular weight is 576 g/mol. The molecule has 0 aliphatic heterocycles. The van der Waals surface area contributed by atoms with E-state index in [0.717, 1.165) is 32.8 Å². The van der Waals surface area contributed by atoms with Crippen molar-refractivity contribution in [1.82, 2.24) is 14.5 Å². The number of rotatable bonds is 9. The van der Waals surface area contributed by atoms with E-state index in [1.807, 2.05) is 109 Å². The fraction of sp³-hybridized carbons (Fsp3) is 0.121. The van der Waals surface area contributed by atoms with Crippen LogP contribution in [-0.2, 0) is 6.54 Å². The van der Waals surface area contributed by atoms with Gasteiger partial charge in [-0.3, -0.25) is 15.1 Å². The van der Waals surface area contributed by atoms with E-state index >= 15 is 0 Å². The Hall–Kier alpha value is -4.83. The van der Waals surface area contributed by atoms with Gasteiger partial charge in [-0.1, -0.05) is 66.7 Å². The highest BCUT2D eigenvalue weighted by Crippen LogP contribution is 2.32. The summed E-state index contributed by atoms with van der Waals surface area (Å²) in [5.74, 6) is 0.0301. The fourth-order valence-corrected chi connectivity index (χ4v) is 5.74. The number of aliphatic hydroxyl groups is 2. The van der Waals surface area contributed by atoms with E-state index < -0.39 is 12.3 Å². The van der Waals surface area contributed by atoms with Crippen molar-refractivity contribution in [3.05, 3.63) is 132 Å². The summed E-state index contributed by atoms with van der Waals surface area (Å²) in [6.07, 6.45) is 1.81. The first-order valence-corrected chi connectivity index (χ1v) is 14.3. The van der Waals surface area contributed by atoms with Crippen molar-refractivity contribution >= 4 is 39.9 Å². The van der Waals surface area contributed by atoms with Gasteiger partial charge >= 0.3 is 0 Å². The zero-order chi connectivity index (χ0) is 29.1. The van der Waals surface area contributed by atoms with Crippen molar-refractivity contribution in [1.29, 1.82) is 0 Å². The van der Waals surface area contributed by atoms with Crippen molar-refractivity contribution in [2.24, 2.45) is 0 Å². The van der Waals surface area contributed by atoms with Crippen LogP contribution in [0, 0.1) is 0 Å². The summed E-state index contributed by atoms with van der Waals surface area (Å²) < 4.78 is 1.82. The summed E-state index contributed by atoms with van der Waals surface area (Å²) >= 11 is 1.37. The summed E-state index contributed by atoms with van der Waals surface area (Å²) in [5.41, 5.74) is 4.59. The molecule has 6 rings (SSSR count). The minimum absolute atomic E-state index is 0.184. The number of hydrogen-bond acceptors (Lipinski definition) is 7. The number of carbonyl (C=O) groups is 1. The Kier molecular flexibility index (Phi) is 7.78. The quantitative estimate of drug-likeness (QED) is 0.176. The maximum atomic E-state index is 13.4. The summed E-state index contributed by atoms with van der Waals surface area (Å²) in [4.78, 5) is 25.6. The van der Waals surface area contributed by atoms with Gasteiger partial charge in [0.25, 0.3) is 5.91 Å². The third-order valence-electron chi connectivity index (χ3n) is 7.14. The number of aliphatic hydroxyl groups excluding tert-OH is 2. The van der Waals surface area contributed by atoms with Crippen molar-refractivity contribution in [3.63, 3.8) is 0 Å². The number of hydrogen-bond donors (Lipinski definition) is 3. The average Bonchev–Trinajstić information content (AvgIpc) is 3.67. The van der Waals surface area contributed by atoms with Crippen LogP contribution in [0.1, 0.15) is 33.1 Å². The Labute approximate surface area is 247 Å². The standard InChI is InChI=1S/C33H29N5O3S/c1-37(32(41)23-11-6-3-7-12-23)25-14-15-27-26(19-25)35-33(38(27)21-28(39)22-9-4-2-5-10-22)36-31(40)30-17-16-29(42-30)24-13-8-18-34-20-24/h2-20,28,32,39,41H,21H2,1H3,(H,35,36,40)/t28-,32?/m0/s1. The maximum absolute atomic E-state index is 13.4. The number of fused-ring (bicyclic) bond motifs is 1. The van der Waals surface area contributed by atoms with Crippen LogP contribution in [0.25, 0.3) is 21.5 Å². The van der Waals surface area contributed by atoms with Crippen LogP contribution in [0.5, 0.6) is 0 Å². The van der Waals surface area contributed by atoms with Gasteiger partial charge in [0.15, 0.2) is 6.23 Å². The smallest absolute Gasteiger partial charge is 0.268 e. The first-order chi connectivity index (χ1) is 20.5. The Morgan fingerprint density at radius 2 is 1.67 bits per heavy atom. The minimum atomic E-state index is -0.849. The van der Waals surface area contributed by atoms with Crippen LogP contribution < -0.4 is 10.2 Å². The largest absolute Gasteiger partial charge is 0.387 e. The van der Waals surface area contributed by atoms with Crippen LogP contribution in [-0.4, -0.2) is 37.7 Å². The molecule has 0 saturated heterocycles. The number of nitrogens with one attached hydrogen (secondary N) is 1. The van der Waals surface area contributed by atoms with Crippen molar-refractivity contribution in [2.45, 2.75) is 18.9 Å². The Balaban J connectivity index is 1.33. The Morgan fingerprint density at radius 3 is 2.38 bits per heavy atom. The summed E-state index contributed by atoms with van der Waals surface area (Å²) in [7, 11) is 1.81. The molecule has 0 radical (unpaired) electrons. The van der Waals surface area contributed by atoms with Gasteiger partial charge in [0.1, 0.15) is 0 Å². The highest BCUT2D eigenvalue weighted by molar-refractivity contribution is 7.17. The number of carbonyl (C=O) groups excluding carboxylic acids is 1. The van der Waals surface area contributed by atoms with Gasteiger partial charge in [-0.15, -0.1) is 11.3 Å². The van der Waals surface area contributed by atoms with Gasteiger partial charge in [0, 0.05) is 41.1 Å². The predicted molar refractivity (Wildman–Crippen MR) is 166 cm³/mol. The second-order valence-corrected chi connectivity index (χ2v) is 11.0. The van der Waals surface area contributed by atoms with E-state index in [4.69, 9.17) is 4.98 Å². The summed E-state index contributed by atoms with van der Waals surface area (Å²) in [6.45, 7) is 0.184. The molecule has 0 bridgehead atoms. The molecule has 3 aromatic carbocycles. The lowest BCUT2D eigenvalue weighted by atomic mass is 10.1. The number of nitrogens with zero attached hydrogens (tertiary/aromatic N) is 4. The van der Waals surface area contributed by atoms with E-state index in [-0.39, 0.29) is 12.5 Å². The summed E-state index contributed by atoms with van der Waals surface area (Å²) in [6, 6.07) is 32.0. The monoisotopic (exact) mass is 575 g/mol.